The van der Waals surface area contributed by atoms with Crippen LogP contribution in [0.5, 0.6) is 0 Å². The van der Waals surface area contributed by atoms with E-state index in [1.165, 1.54) is 5.01 Å². The summed E-state index contributed by atoms with van der Waals surface area (Å²) in [5.74, 6) is 2.23. The SMILES string of the molecule is CN([C]=O)N1CCSCC1. The topological polar surface area (TPSA) is 23.6 Å². The van der Waals surface area contributed by atoms with E-state index in [-0.39, 0.29) is 0 Å². The van der Waals surface area contributed by atoms with Gasteiger partial charge in [-0.1, -0.05) is 0 Å². The number of hydrazine groups is 1. The average molecular weight is 159 g/mol. The molecular weight excluding hydrogens is 148 g/mol. The lowest BCUT2D eigenvalue weighted by atomic mass is 10.6. The minimum Gasteiger partial charge on any atom is -0.270 e. The quantitative estimate of drug-likeness (QED) is 0.528. The first-order chi connectivity index (χ1) is 4.84. The van der Waals surface area contributed by atoms with Crippen LogP contribution in [-0.2, 0) is 4.79 Å². The number of rotatable bonds is 2. The van der Waals surface area contributed by atoms with E-state index in [2.05, 4.69) is 0 Å². The molecule has 3 nitrogen and oxygen atoms in total. The lowest BCUT2D eigenvalue weighted by Gasteiger charge is -2.30. The van der Waals surface area contributed by atoms with Crippen LogP contribution < -0.4 is 0 Å². The molecule has 0 aromatic rings. The van der Waals surface area contributed by atoms with E-state index in [0.717, 1.165) is 24.6 Å². The van der Waals surface area contributed by atoms with Gasteiger partial charge in [-0.15, -0.1) is 0 Å². The highest BCUT2D eigenvalue weighted by Gasteiger charge is 2.13. The van der Waals surface area contributed by atoms with Crippen molar-refractivity contribution in [3.05, 3.63) is 0 Å². The minimum absolute atomic E-state index is 0.969. The number of thioether (sulfide) groups is 1. The van der Waals surface area contributed by atoms with Crippen LogP contribution >= 0.6 is 11.8 Å². The highest BCUT2D eigenvalue weighted by atomic mass is 32.2. The molecule has 10 heavy (non-hydrogen) atoms. The smallest absolute Gasteiger partial charge is 0.270 e. The zero-order chi connectivity index (χ0) is 7.40. The number of hydrogen-bond acceptors (Lipinski definition) is 3. The van der Waals surface area contributed by atoms with Gasteiger partial charge in [0.1, 0.15) is 0 Å². The third kappa shape index (κ3) is 1.88. The van der Waals surface area contributed by atoms with E-state index >= 15 is 0 Å². The molecule has 0 bridgehead atoms. The fourth-order valence-electron chi connectivity index (χ4n) is 0.911. The van der Waals surface area contributed by atoms with Gasteiger partial charge in [0, 0.05) is 31.6 Å². The molecule has 1 radical (unpaired) electrons. The van der Waals surface area contributed by atoms with Crippen LogP contribution in [-0.4, -0.2) is 48.1 Å². The molecule has 1 heterocycles. The Labute approximate surface area is 65.3 Å². The maximum Gasteiger partial charge on any atom is 0.327 e. The van der Waals surface area contributed by atoms with E-state index in [1.807, 2.05) is 23.2 Å². The molecule has 4 heteroatoms. The predicted octanol–water partition coefficient (Wildman–Crippen LogP) is -0.0508. The Balaban J connectivity index is 2.30. The Morgan fingerprint density at radius 1 is 1.50 bits per heavy atom. The summed E-state index contributed by atoms with van der Waals surface area (Å²) in [5, 5.41) is 3.50. The summed E-state index contributed by atoms with van der Waals surface area (Å²) in [4.78, 5) is 10.2. The van der Waals surface area contributed by atoms with Crippen molar-refractivity contribution in [2.75, 3.05) is 31.6 Å². The van der Waals surface area contributed by atoms with Crippen molar-refractivity contribution in [2.24, 2.45) is 0 Å². The minimum atomic E-state index is 0.969. The first kappa shape index (κ1) is 7.88. The zero-order valence-corrected chi connectivity index (χ0v) is 6.86. The van der Waals surface area contributed by atoms with Crippen molar-refractivity contribution >= 4 is 18.2 Å². The fourth-order valence-corrected chi connectivity index (χ4v) is 1.80. The van der Waals surface area contributed by atoms with Gasteiger partial charge < -0.3 is 0 Å². The number of carbonyl (C=O) groups excluding carboxylic acids is 1. The van der Waals surface area contributed by atoms with Crippen molar-refractivity contribution in [1.82, 2.24) is 10.0 Å². The second-order valence-corrected chi connectivity index (χ2v) is 3.41. The molecule has 1 fully saturated rings. The molecule has 1 aliphatic rings. The van der Waals surface area contributed by atoms with Gasteiger partial charge in [-0.3, -0.25) is 9.80 Å². The van der Waals surface area contributed by atoms with Crippen molar-refractivity contribution in [3.63, 3.8) is 0 Å². The second-order valence-electron chi connectivity index (χ2n) is 2.18. The summed E-state index contributed by atoms with van der Waals surface area (Å²) in [5.41, 5.74) is 0. The fraction of sp³-hybridized carbons (Fsp3) is 0.833. The van der Waals surface area contributed by atoms with Gasteiger partial charge in [-0.2, -0.15) is 11.8 Å². The maximum atomic E-state index is 10.2. The van der Waals surface area contributed by atoms with Gasteiger partial charge in [-0.05, 0) is 0 Å². The summed E-state index contributed by atoms with van der Waals surface area (Å²) >= 11 is 1.93. The van der Waals surface area contributed by atoms with Crippen LogP contribution in [0.15, 0.2) is 0 Å². The van der Waals surface area contributed by atoms with Gasteiger partial charge in [0.2, 0.25) is 0 Å². The van der Waals surface area contributed by atoms with Crippen molar-refractivity contribution < 1.29 is 4.79 Å². The Kier molecular flexibility index (Phi) is 3.02. The van der Waals surface area contributed by atoms with Crippen LogP contribution in [0.25, 0.3) is 0 Å². The molecule has 0 aliphatic carbocycles. The van der Waals surface area contributed by atoms with Crippen molar-refractivity contribution in [3.8, 4) is 0 Å². The van der Waals surface area contributed by atoms with Crippen LogP contribution in [0.2, 0.25) is 0 Å². The number of hydrogen-bond donors (Lipinski definition) is 0. The van der Waals surface area contributed by atoms with Gasteiger partial charge in [0.25, 0.3) is 0 Å². The molecule has 0 atom stereocenters. The summed E-state index contributed by atoms with van der Waals surface area (Å²) in [6.07, 6.45) is 1.83. The summed E-state index contributed by atoms with van der Waals surface area (Å²) < 4.78 is 0. The van der Waals surface area contributed by atoms with Gasteiger partial charge in [-0.25, -0.2) is 5.01 Å². The molecule has 0 spiro atoms. The highest BCUT2D eigenvalue weighted by Crippen LogP contribution is 2.09. The summed E-state index contributed by atoms with van der Waals surface area (Å²) in [7, 11) is 1.74. The highest BCUT2D eigenvalue weighted by molar-refractivity contribution is 7.99. The molecule has 1 amide bonds. The molecule has 0 aromatic heterocycles. The standard InChI is InChI=1S/C6H11N2OS/c1-7(6-9)8-2-4-10-5-3-8/h2-5H2,1H3. The van der Waals surface area contributed by atoms with E-state index in [1.54, 1.807) is 7.05 Å². The molecule has 0 saturated carbocycles. The first-order valence-corrected chi connectivity index (χ1v) is 4.44. The van der Waals surface area contributed by atoms with E-state index in [0.29, 0.717) is 0 Å². The van der Waals surface area contributed by atoms with E-state index in [9.17, 15) is 4.79 Å². The summed E-state index contributed by atoms with van der Waals surface area (Å²) in [6.45, 7) is 1.94. The van der Waals surface area contributed by atoms with Gasteiger partial charge in [0.15, 0.2) is 0 Å². The largest absolute Gasteiger partial charge is 0.327 e. The Hall–Kier alpha value is -0.220. The predicted molar refractivity (Wildman–Crippen MR) is 42.4 cm³/mol. The first-order valence-electron chi connectivity index (χ1n) is 3.28. The monoisotopic (exact) mass is 159 g/mol. The maximum absolute atomic E-state index is 10.2. The molecule has 0 N–H and O–H groups in total. The van der Waals surface area contributed by atoms with Crippen LogP contribution in [0.3, 0.4) is 0 Å². The molecule has 0 aromatic carbocycles. The van der Waals surface area contributed by atoms with Crippen LogP contribution in [0.4, 0.5) is 0 Å². The number of amides is 1. The van der Waals surface area contributed by atoms with Crippen LogP contribution in [0.1, 0.15) is 0 Å². The number of nitrogens with zero attached hydrogens (tertiary/aromatic N) is 2. The van der Waals surface area contributed by atoms with Gasteiger partial charge in [0.05, 0.1) is 0 Å². The Morgan fingerprint density at radius 2 is 2.10 bits per heavy atom. The lowest BCUT2D eigenvalue weighted by Crippen LogP contribution is -2.43. The molecule has 1 rings (SSSR count). The third-order valence-corrected chi connectivity index (χ3v) is 2.49. The summed E-state index contributed by atoms with van der Waals surface area (Å²) in [6, 6.07) is 0. The third-order valence-electron chi connectivity index (χ3n) is 1.54. The Bertz CT molecular complexity index is 114. The second kappa shape index (κ2) is 3.83. The van der Waals surface area contributed by atoms with E-state index in [4.69, 9.17) is 0 Å². The normalized spacial score (nSPS) is 20.5. The zero-order valence-electron chi connectivity index (χ0n) is 6.04. The average Bonchev–Trinajstić information content (AvgIpc) is 2.05. The molecule has 1 saturated heterocycles. The molecule has 1 aliphatic heterocycles. The molecule has 0 unspecified atom stereocenters. The van der Waals surface area contributed by atoms with Crippen molar-refractivity contribution in [2.45, 2.75) is 0 Å². The van der Waals surface area contributed by atoms with E-state index < -0.39 is 0 Å². The Morgan fingerprint density at radius 3 is 2.60 bits per heavy atom. The lowest BCUT2D eigenvalue weighted by molar-refractivity contribution is 0.0797. The van der Waals surface area contributed by atoms with Gasteiger partial charge >= 0.3 is 6.41 Å². The molecule has 57 valence electrons. The van der Waals surface area contributed by atoms with Crippen LogP contribution in [0, 0.1) is 0 Å². The van der Waals surface area contributed by atoms with Crippen molar-refractivity contribution in [1.29, 1.82) is 0 Å². The molecular formula is C6H11N2OS.